The highest BCUT2D eigenvalue weighted by Gasteiger charge is 2.32. The topological polar surface area (TPSA) is 55.3 Å². The maximum Gasteiger partial charge on any atom is 0.209 e. The fourth-order valence-electron chi connectivity index (χ4n) is 2.78. The summed E-state index contributed by atoms with van der Waals surface area (Å²) in [6.07, 6.45) is 2.75. The van der Waals surface area contributed by atoms with Gasteiger partial charge in [-0.1, -0.05) is 19.1 Å². The fourth-order valence-corrected chi connectivity index (χ4v) is 2.78. The number of likely N-dealkylation sites (tertiary alicyclic amines) is 1. The quantitative estimate of drug-likeness (QED) is 0.905. The van der Waals surface area contributed by atoms with Gasteiger partial charge in [0.1, 0.15) is 5.82 Å². The lowest BCUT2D eigenvalue weighted by Crippen LogP contribution is -2.31. The summed E-state index contributed by atoms with van der Waals surface area (Å²) in [5.41, 5.74) is 6.72. The van der Waals surface area contributed by atoms with Gasteiger partial charge >= 0.3 is 0 Å². The molecule has 0 saturated carbocycles. The molecule has 2 heterocycles. The van der Waals surface area contributed by atoms with Crippen molar-refractivity contribution in [2.75, 3.05) is 19.6 Å². The summed E-state index contributed by atoms with van der Waals surface area (Å²) in [7, 11) is 0. The molecule has 1 unspecified atom stereocenters. The van der Waals surface area contributed by atoms with Gasteiger partial charge in [-0.05, 0) is 37.1 Å². The van der Waals surface area contributed by atoms with Gasteiger partial charge in [-0.15, -0.1) is 24.8 Å². The van der Waals surface area contributed by atoms with Crippen LogP contribution in [0.5, 0.6) is 0 Å². The second-order valence-electron chi connectivity index (χ2n) is 6.10. The minimum absolute atomic E-state index is 0. The Labute approximate surface area is 148 Å². The van der Waals surface area contributed by atoms with Gasteiger partial charge in [0.2, 0.25) is 5.89 Å². The van der Waals surface area contributed by atoms with Gasteiger partial charge in [0, 0.05) is 12.1 Å². The van der Waals surface area contributed by atoms with Gasteiger partial charge in [0.15, 0.2) is 5.76 Å². The van der Waals surface area contributed by atoms with Gasteiger partial charge in [-0.25, -0.2) is 9.37 Å². The largest absolute Gasteiger partial charge is 0.439 e. The molecule has 0 radical (unpaired) electrons. The van der Waals surface area contributed by atoms with Gasteiger partial charge in [-0.3, -0.25) is 4.90 Å². The van der Waals surface area contributed by atoms with Crippen LogP contribution in [-0.4, -0.2) is 29.5 Å². The van der Waals surface area contributed by atoms with Crippen LogP contribution in [0, 0.1) is 11.2 Å². The molecule has 1 aromatic carbocycles. The van der Waals surface area contributed by atoms with Crippen molar-refractivity contribution in [3.8, 4) is 11.3 Å². The Kier molecular flexibility index (Phi) is 7.02. The van der Waals surface area contributed by atoms with E-state index in [1.54, 1.807) is 12.3 Å². The number of halogens is 3. The van der Waals surface area contributed by atoms with Crippen molar-refractivity contribution >= 4 is 24.8 Å². The number of nitrogens with zero attached hydrogens (tertiary/aromatic N) is 2. The van der Waals surface area contributed by atoms with Crippen LogP contribution in [0.2, 0.25) is 0 Å². The Hall–Kier alpha value is -1.14. The van der Waals surface area contributed by atoms with E-state index in [1.165, 1.54) is 12.1 Å². The van der Waals surface area contributed by atoms with Crippen LogP contribution in [0.25, 0.3) is 11.3 Å². The van der Waals surface area contributed by atoms with E-state index in [2.05, 4.69) is 16.8 Å². The normalized spacial score (nSPS) is 20.8. The number of benzene rings is 1. The fraction of sp³-hybridized carbons (Fsp3) is 0.438. The molecule has 0 aliphatic carbocycles. The molecule has 3 rings (SSSR count). The van der Waals surface area contributed by atoms with Crippen LogP contribution in [-0.2, 0) is 6.54 Å². The second-order valence-corrected chi connectivity index (χ2v) is 6.10. The zero-order valence-corrected chi connectivity index (χ0v) is 14.6. The molecule has 128 valence electrons. The van der Waals surface area contributed by atoms with Crippen LogP contribution in [0.3, 0.4) is 0 Å². The minimum Gasteiger partial charge on any atom is -0.439 e. The summed E-state index contributed by atoms with van der Waals surface area (Å²) in [6.45, 7) is 5.54. The van der Waals surface area contributed by atoms with Crippen LogP contribution in [0.1, 0.15) is 19.2 Å². The lowest BCUT2D eigenvalue weighted by Gasteiger charge is -2.21. The van der Waals surface area contributed by atoms with E-state index < -0.39 is 0 Å². The second kappa shape index (κ2) is 8.11. The first-order valence-electron chi connectivity index (χ1n) is 7.21. The van der Waals surface area contributed by atoms with Crippen LogP contribution in [0.15, 0.2) is 34.9 Å². The Bertz CT molecular complexity index is 637. The molecule has 0 amide bonds. The molecule has 1 aromatic heterocycles. The predicted molar refractivity (Wildman–Crippen MR) is 93.4 cm³/mol. The summed E-state index contributed by atoms with van der Waals surface area (Å²) in [5.74, 6) is 0.990. The number of rotatable bonds is 4. The molecule has 7 heteroatoms. The molecule has 2 N–H and O–H groups in total. The lowest BCUT2D eigenvalue weighted by atomic mass is 9.90. The summed E-state index contributed by atoms with van der Waals surface area (Å²) < 4.78 is 19.0. The molecule has 0 bridgehead atoms. The Balaban J connectivity index is 0.00000132. The van der Waals surface area contributed by atoms with Crippen molar-refractivity contribution in [1.29, 1.82) is 0 Å². The van der Waals surface area contributed by atoms with Gasteiger partial charge in [0.05, 0.1) is 12.7 Å². The highest BCUT2D eigenvalue weighted by atomic mass is 35.5. The van der Waals surface area contributed by atoms with E-state index in [9.17, 15) is 4.39 Å². The number of oxazole rings is 1. The van der Waals surface area contributed by atoms with Crippen molar-refractivity contribution < 1.29 is 8.81 Å². The van der Waals surface area contributed by atoms with Crippen LogP contribution in [0.4, 0.5) is 4.39 Å². The summed E-state index contributed by atoms with van der Waals surface area (Å²) in [6, 6.07) is 6.35. The van der Waals surface area contributed by atoms with Gasteiger partial charge in [-0.2, -0.15) is 0 Å². The van der Waals surface area contributed by atoms with E-state index >= 15 is 0 Å². The average Bonchev–Trinajstić information content (AvgIpc) is 3.07. The maximum absolute atomic E-state index is 13.2. The minimum atomic E-state index is -0.274. The summed E-state index contributed by atoms with van der Waals surface area (Å²) in [5, 5.41) is 0. The highest BCUT2D eigenvalue weighted by molar-refractivity contribution is 5.85. The molecule has 1 atom stereocenters. The maximum atomic E-state index is 13.2. The first-order valence-corrected chi connectivity index (χ1v) is 7.21. The zero-order valence-electron chi connectivity index (χ0n) is 13.0. The molecule has 4 nitrogen and oxygen atoms in total. The molecule has 1 saturated heterocycles. The Morgan fingerprint density at radius 3 is 2.83 bits per heavy atom. The van der Waals surface area contributed by atoms with Crippen molar-refractivity contribution in [3.63, 3.8) is 0 Å². The SMILES string of the molecule is CC1(CN)CCN(Cc2ncc(-c3cccc(F)c3)o2)C1.Cl.Cl. The third-order valence-electron chi connectivity index (χ3n) is 4.15. The monoisotopic (exact) mass is 361 g/mol. The lowest BCUT2D eigenvalue weighted by molar-refractivity contribution is 0.252. The Morgan fingerprint density at radius 1 is 1.39 bits per heavy atom. The number of hydrogen-bond donors (Lipinski definition) is 1. The number of hydrogen-bond acceptors (Lipinski definition) is 4. The van der Waals surface area contributed by atoms with Gasteiger partial charge in [0.25, 0.3) is 0 Å². The molecule has 2 aromatic rings. The Morgan fingerprint density at radius 2 is 2.17 bits per heavy atom. The summed E-state index contributed by atoms with van der Waals surface area (Å²) in [4.78, 5) is 6.60. The van der Waals surface area contributed by atoms with Crippen molar-refractivity contribution in [2.24, 2.45) is 11.1 Å². The van der Waals surface area contributed by atoms with Crippen molar-refractivity contribution in [1.82, 2.24) is 9.88 Å². The first kappa shape index (κ1) is 19.9. The molecule has 0 spiro atoms. The molecule has 1 fully saturated rings. The molecule has 23 heavy (non-hydrogen) atoms. The molecule has 1 aliphatic rings. The van der Waals surface area contributed by atoms with E-state index in [0.29, 0.717) is 30.3 Å². The third kappa shape index (κ3) is 4.67. The first-order chi connectivity index (χ1) is 10.1. The third-order valence-corrected chi connectivity index (χ3v) is 4.15. The van der Waals surface area contributed by atoms with Crippen molar-refractivity contribution in [3.05, 3.63) is 42.2 Å². The van der Waals surface area contributed by atoms with E-state index in [0.717, 1.165) is 19.5 Å². The van der Waals surface area contributed by atoms with Crippen LogP contribution < -0.4 is 5.73 Å². The van der Waals surface area contributed by atoms with E-state index in [-0.39, 0.29) is 36.0 Å². The highest BCUT2D eigenvalue weighted by Crippen LogP contribution is 2.30. The molecular weight excluding hydrogens is 340 g/mol. The standard InChI is InChI=1S/C16H20FN3O.2ClH/c1-16(10-18)5-6-20(11-16)9-15-19-8-14(21-15)12-3-2-4-13(17)7-12;;/h2-4,7-8H,5-6,9-11,18H2,1H3;2*1H. The van der Waals surface area contributed by atoms with E-state index in [4.69, 9.17) is 10.2 Å². The predicted octanol–water partition coefficient (Wildman–Crippen LogP) is 3.50. The molecule has 1 aliphatic heterocycles. The average molecular weight is 362 g/mol. The number of nitrogens with two attached hydrogens (primary N) is 1. The molecular formula is C16H22Cl2FN3O. The summed E-state index contributed by atoms with van der Waals surface area (Å²) >= 11 is 0. The van der Waals surface area contributed by atoms with Crippen molar-refractivity contribution in [2.45, 2.75) is 19.9 Å². The smallest absolute Gasteiger partial charge is 0.209 e. The van der Waals surface area contributed by atoms with Gasteiger partial charge < -0.3 is 10.2 Å². The van der Waals surface area contributed by atoms with Crippen LogP contribution >= 0.6 is 24.8 Å². The van der Waals surface area contributed by atoms with E-state index in [1.807, 2.05) is 6.07 Å². The number of aromatic nitrogens is 1. The zero-order chi connectivity index (χ0) is 14.9.